The first-order chi connectivity index (χ1) is 13.4. The van der Waals surface area contributed by atoms with Crippen molar-refractivity contribution in [3.8, 4) is 0 Å². The van der Waals surface area contributed by atoms with Crippen LogP contribution in [0.4, 0.5) is 0 Å². The van der Waals surface area contributed by atoms with Crippen molar-refractivity contribution >= 4 is 16.1 Å². The van der Waals surface area contributed by atoms with Crippen LogP contribution in [0.15, 0.2) is 65.1 Å². The van der Waals surface area contributed by atoms with E-state index in [1.807, 2.05) is 55.5 Å². The van der Waals surface area contributed by atoms with Crippen LogP contribution in [-0.2, 0) is 10.0 Å². The van der Waals surface area contributed by atoms with E-state index in [1.54, 1.807) is 16.4 Å². The Morgan fingerprint density at radius 3 is 2.29 bits per heavy atom. The van der Waals surface area contributed by atoms with Crippen molar-refractivity contribution in [1.29, 1.82) is 0 Å². The number of benzene rings is 2. The van der Waals surface area contributed by atoms with E-state index in [-0.39, 0.29) is 6.54 Å². The Kier molecular flexibility index (Phi) is 5.17. The minimum atomic E-state index is -3.69. The predicted molar refractivity (Wildman–Crippen MR) is 111 cm³/mol. The highest BCUT2D eigenvalue weighted by atomic mass is 32.2. The maximum Gasteiger partial charge on any atom is 0.243 e. The molecule has 0 bridgehead atoms. The molecule has 1 heterocycles. The average molecular weight is 398 g/mol. The molecule has 1 aliphatic carbocycles. The second-order valence-electron chi connectivity index (χ2n) is 8.02. The first-order valence-corrected chi connectivity index (χ1v) is 11.4. The van der Waals surface area contributed by atoms with Crippen LogP contribution in [0.3, 0.4) is 0 Å². The summed E-state index contributed by atoms with van der Waals surface area (Å²) < 4.78 is 28.7. The molecule has 1 N–H and O–H groups in total. The van der Waals surface area contributed by atoms with Gasteiger partial charge in [-0.3, -0.25) is 0 Å². The summed E-state index contributed by atoms with van der Waals surface area (Å²) in [5, 5.41) is 11.3. The highest BCUT2D eigenvalue weighted by molar-refractivity contribution is 7.89. The van der Waals surface area contributed by atoms with E-state index < -0.39 is 21.7 Å². The number of nitrogens with zero attached hydrogens (tertiary/aromatic N) is 1. The molecule has 1 atom stereocenters. The van der Waals surface area contributed by atoms with E-state index in [2.05, 4.69) is 0 Å². The van der Waals surface area contributed by atoms with Crippen molar-refractivity contribution in [3.05, 3.63) is 71.3 Å². The summed E-state index contributed by atoms with van der Waals surface area (Å²) in [6.45, 7) is 2.19. The van der Waals surface area contributed by atoms with Gasteiger partial charge in [-0.2, -0.15) is 4.31 Å². The van der Waals surface area contributed by atoms with E-state index in [9.17, 15) is 13.5 Å². The van der Waals surface area contributed by atoms with E-state index in [0.717, 1.165) is 36.0 Å². The van der Waals surface area contributed by atoms with Crippen LogP contribution in [0.25, 0.3) is 6.08 Å². The Hall–Kier alpha value is -1.95. The topological polar surface area (TPSA) is 57.6 Å². The Balaban J connectivity index is 1.78. The fourth-order valence-corrected chi connectivity index (χ4v) is 6.44. The number of aliphatic hydroxyl groups is 1. The molecule has 0 unspecified atom stereocenters. The molecule has 2 fully saturated rings. The molecule has 2 aliphatic rings. The normalized spacial score (nSPS) is 24.1. The van der Waals surface area contributed by atoms with Gasteiger partial charge in [0, 0.05) is 6.54 Å². The molecule has 1 spiro atoms. The average Bonchev–Trinajstić information content (AvgIpc) is 2.96. The molecule has 1 aliphatic heterocycles. The summed E-state index contributed by atoms with van der Waals surface area (Å²) in [6.07, 6.45) is 5.55. The summed E-state index contributed by atoms with van der Waals surface area (Å²) in [5.41, 5.74) is 2.06. The lowest BCUT2D eigenvalue weighted by Crippen LogP contribution is -2.53. The number of hydrogen-bond donors (Lipinski definition) is 1. The lowest BCUT2D eigenvalue weighted by atomic mass is 9.78. The standard InChI is InChI=1S/C23H27NO3S/c1-18-10-12-21(13-11-18)28(26,27)24-17-20(16-19-8-4-2-5-9-19)22(25)23(24)14-6-3-7-15-23/h2,4-5,8-13,16,22,25H,3,6-7,14-15,17H2,1H3/b20-16-/t22-/m1/s1. The van der Waals surface area contributed by atoms with Gasteiger partial charge in [0.15, 0.2) is 0 Å². The molecule has 0 aromatic heterocycles. The number of hydrogen-bond acceptors (Lipinski definition) is 3. The van der Waals surface area contributed by atoms with Crippen molar-refractivity contribution in [2.75, 3.05) is 6.54 Å². The summed E-state index contributed by atoms with van der Waals surface area (Å²) in [6, 6.07) is 16.8. The highest BCUT2D eigenvalue weighted by Crippen LogP contribution is 2.47. The highest BCUT2D eigenvalue weighted by Gasteiger charge is 2.55. The zero-order chi connectivity index (χ0) is 19.8. The van der Waals surface area contributed by atoms with Gasteiger partial charge in [-0.25, -0.2) is 8.42 Å². The van der Waals surface area contributed by atoms with Crippen molar-refractivity contribution in [1.82, 2.24) is 4.31 Å². The molecule has 2 aromatic rings. The van der Waals surface area contributed by atoms with Crippen LogP contribution < -0.4 is 0 Å². The smallest absolute Gasteiger partial charge is 0.243 e. The Morgan fingerprint density at radius 2 is 1.64 bits per heavy atom. The molecular weight excluding hydrogens is 370 g/mol. The van der Waals surface area contributed by atoms with E-state index in [1.165, 1.54) is 0 Å². The molecule has 1 saturated heterocycles. The zero-order valence-electron chi connectivity index (χ0n) is 16.2. The van der Waals surface area contributed by atoms with Crippen molar-refractivity contribution in [3.63, 3.8) is 0 Å². The second kappa shape index (κ2) is 7.47. The Bertz CT molecular complexity index is 959. The largest absolute Gasteiger partial charge is 0.387 e. The summed E-state index contributed by atoms with van der Waals surface area (Å²) in [4.78, 5) is 0.302. The van der Waals surface area contributed by atoms with Gasteiger partial charge in [-0.15, -0.1) is 0 Å². The van der Waals surface area contributed by atoms with Gasteiger partial charge in [-0.05, 0) is 43.0 Å². The molecule has 4 rings (SSSR count). The lowest BCUT2D eigenvalue weighted by molar-refractivity contribution is 0.0474. The van der Waals surface area contributed by atoms with Crippen LogP contribution in [0.5, 0.6) is 0 Å². The first-order valence-electron chi connectivity index (χ1n) is 9.97. The molecule has 1 saturated carbocycles. The van der Waals surface area contributed by atoms with Gasteiger partial charge in [0.05, 0.1) is 16.5 Å². The maximum absolute atomic E-state index is 13.6. The summed E-state index contributed by atoms with van der Waals surface area (Å²) in [7, 11) is -3.69. The molecule has 0 amide bonds. The second-order valence-corrected chi connectivity index (χ2v) is 9.88. The third-order valence-electron chi connectivity index (χ3n) is 6.16. The van der Waals surface area contributed by atoms with Gasteiger partial charge < -0.3 is 5.11 Å². The van der Waals surface area contributed by atoms with Crippen LogP contribution in [-0.4, -0.2) is 36.0 Å². The SMILES string of the molecule is Cc1ccc(S(=O)(=O)N2C/C(=C/c3ccccc3)[C@@H](O)C23CCCCC3)cc1. The fourth-order valence-electron chi connectivity index (χ4n) is 4.63. The van der Waals surface area contributed by atoms with Crippen molar-refractivity contribution in [2.45, 2.75) is 55.6 Å². The number of sulfonamides is 1. The number of aliphatic hydroxyl groups excluding tert-OH is 1. The Morgan fingerprint density at radius 1 is 1.00 bits per heavy atom. The molecule has 4 nitrogen and oxygen atoms in total. The fraction of sp³-hybridized carbons (Fsp3) is 0.391. The van der Waals surface area contributed by atoms with Crippen LogP contribution >= 0.6 is 0 Å². The first kappa shape index (κ1) is 19.4. The van der Waals surface area contributed by atoms with Gasteiger partial charge in [0.1, 0.15) is 0 Å². The minimum absolute atomic E-state index is 0.242. The van der Waals surface area contributed by atoms with E-state index >= 15 is 0 Å². The number of rotatable bonds is 3. The van der Waals surface area contributed by atoms with Gasteiger partial charge in [0.2, 0.25) is 10.0 Å². The maximum atomic E-state index is 13.6. The Labute approximate surface area is 167 Å². The summed E-state index contributed by atoms with van der Waals surface area (Å²) >= 11 is 0. The number of aryl methyl sites for hydroxylation is 1. The third kappa shape index (κ3) is 3.32. The molecule has 0 radical (unpaired) electrons. The van der Waals surface area contributed by atoms with Gasteiger partial charge in [-0.1, -0.05) is 73.4 Å². The van der Waals surface area contributed by atoms with Gasteiger partial charge in [0.25, 0.3) is 0 Å². The van der Waals surface area contributed by atoms with E-state index in [4.69, 9.17) is 0 Å². The van der Waals surface area contributed by atoms with Crippen LogP contribution in [0.2, 0.25) is 0 Å². The molecule has 5 heteroatoms. The van der Waals surface area contributed by atoms with Crippen LogP contribution in [0.1, 0.15) is 43.2 Å². The predicted octanol–water partition coefficient (Wildman–Crippen LogP) is 4.15. The van der Waals surface area contributed by atoms with E-state index in [0.29, 0.717) is 17.7 Å². The van der Waals surface area contributed by atoms with Crippen molar-refractivity contribution in [2.24, 2.45) is 0 Å². The minimum Gasteiger partial charge on any atom is -0.387 e. The zero-order valence-corrected chi connectivity index (χ0v) is 17.0. The molecular formula is C23H27NO3S. The summed E-state index contributed by atoms with van der Waals surface area (Å²) in [5.74, 6) is 0. The lowest BCUT2D eigenvalue weighted by Gasteiger charge is -2.42. The third-order valence-corrected chi connectivity index (χ3v) is 8.10. The molecule has 28 heavy (non-hydrogen) atoms. The van der Waals surface area contributed by atoms with Gasteiger partial charge >= 0.3 is 0 Å². The molecule has 148 valence electrons. The van der Waals surface area contributed by atoms with Crippen LogP contribution in [0, 0.1) is 6.92 Å². The quantitative estimate of drug-likeness (QED) is 0.847. The monoisotopic (exact) mass is 397 g/mol. The molecule has 2 aromatic carbocycles. The van der Waals surface area contributed by atoms with Crippen molar-refractivity contribution < 1.29 is 13.5 Å².